The van der Waals surface area contributed by atoms with Gasteiger partial charge in [-0.3, -0.25) is 0 Å². The Labute approximate surface area is 186 Å². The largest absolute Gasteiger partial charge is 0.496 e. The van der Waals surface area contributed by atoms with Crippen LogP contribution in [0.2, 0.25) is 0 Å². The van der Waals surface area contributed by atoms with Gasteiger partial charge < -0.3 is 24.1 Å². The first-order valence-corrected chi connectivity index (χ1v) is 11.6. The summed E-state index contributed by atoms with van der Waals surface area (Å²) in [7, 11) is 3.89. The molecule has 0 amide bonds. The van der Waals surface area contributed by atoms with E-state index in [1.54, 1.807) is 13.4 Å². The van der Waals surface area contributed by atoms with Gasteiger partial charge in [0.2, 0.25) is 0 Å². The number of para-hydroxylation sites is 1. The lowest BCUT2D eigenvalue weighted by Gasteiger charge is -2.42. The second kappa shape index (κ2) is 10.0. The van der Waals surface area contributed by atoms with Crippen LogP contribution in [0.15, 0.2) is 52.7 Å². The van der Waals surface area contributed by atoms with Gasteiger partial charge in [-0.2, -0.15) is 0 Å². The Balaban J connectivity index is 1.68. The third-order valence-corrected chi connectivity index (χ3v) is 7.07. The highest BCUT2D eigenvalue weighted by molar-refractivity contribution is 5.52. The number of nitrogens with zero attached hydrogens (tertiary/aromatic N) is 2. The zero-order valence-electron chi connectivity index (χ0n) is 18.9. The van der Waals surface area contributed by atoms with E-state index in [4.69, 9.17) is 9.15 Å². The molecule has 5 nitrogen and oxygen atoms in total. The molecule has 1 aromatic heterocycles. The number of furan rings is 1. The molecule has 0 radical (unpaired) electrons. The van der Waals surface area contributed by atoms with Crippen LogP contribution in [0, 0.1) is 5.92 Å². The monoisotopic (exact) mass is 424 g/mol. The smallest absolute Gasteiger partial charge is 0.126 e. The van der Waals surface area contributed by atoms with Crippen molar-refractivity contribution in [1.82, 2.24) is 9.80 Å². The number of hydrogen-bond donors (Lipinski definition) is 1. The molecule has 1 aromatic carbocycles. The number of benzene rings is 1. The fourth-order valence-corrected chi connectivity index (χ4v) is 5.15. The van der Waals surface area contributed by atoms with E-state index >= 15 is 0 Å². The molecule has 2 unspecified atom stereocenters. The van der Waals surface area contributed by atoms with E-state index in [2.05, 4.69) is 29.0 Å². The summed E-state index contributed by atoms with van der Waals surface area (Å²) in [4.78, 5) is 4.92. The highest BCUT2D eigenvalue weighted by Gasteiger charge is 2.42. The predicted molar refractivity (Wildman–Crippen MR) is 124 cm³/mol. The molecule has 1 N–H and O–H groups in total. The minimum absolute atomic E-state index is 0.171. The molecule has 4 rings (SSSR count). The molecule has 1 saturated carbocycles. The van der Waals surface area contributed by atoms with Crippen molar-refractivity contribution in [1.29, 1.82) is 0 Å². The van der Waals surface area contributed by atoms with Crippen LogP contribution < -0.4 is 4.74 Å². The maximum absolute atomic E-state index is 12.4. The van der Waals surface area contributed by atoms with E-state index in [1.165, 1.54) is 0 Å². The van der Waals surface area contributed by atoms with Crippen LogP contribution in [0.5, 0.6) is 5.75 Å². The molecule has 168 valence electrons. The molecule has 1 saturated heterocycles. The molecule has 2 atom stereocenters. The molecular weight excluding hydrogens is 388 g/mol. The number of methoxy groups -OCH3 is 1. The van der Waals surface area contributed by atoms with Crippen LogP contribution in [0.3, 0.4) is 0 Å². The number of aliphatic hydroxyl groups is 1. The molecule has 2 heterocycles. The summed E-state index contributed by atoms with van der Waals surface area (Å²) in [5.74, 6) is 1.83. The zero-order chi connectivity index (χ0) is 21.7. The Kier molecular flexibility index (Phi) is 7.16. The first-order valence-electron chi connectivity index (χ1n) is 11.6. The van der Waals surface area contributed by atoms with E-state index in [0.29, 0.717) is 6.42 Å². The Bertz CT molecular complexity index is 855. The molecule has 0 bridgehead atoms. The molecule has 1 aliphatic carbocycles. The lowest BCUT2D eigenvalue weighted by Crippen LogP contribution is -2.51. The molecule has 0 spiro atoms. The summed E-state index contributed by atoms with van der Waals surface area (Å²) in [5, 5.41) is 12.4. The number of likely N-dealkylation sites (N-methyl/N-ethyl adjacent to an activating group) is 1. The summed E-state index contributed by atoms with van der Waals surface area (Å²) in [6.07, 6.45) is 8.50. The van der Waals surface area contributed by atoms with Crippen LogP contribution in [-0.4, -0.2) is 67.4 Å². The number of hydrogen-bond acceptors (Lipinski definition) is 5. The van der Waals surface area contributed by atoms with Gasteiger partial charge in [0, 0.05) is 45.1 Å². The molecule has 31 heavy (non-hydrogen) atoms. The normalized spacial score (nSPS) is 27.3. The third-order valence-electron chi connectivity index (χ3n) is 7.07. The van der Waals surface area contributed by atoms with E-state index in [1.807, 2.05) is 30.3 Å². The van der Waals surface area contributed by atoms with E-state index in [0.717, 1.165) is 81.1 Å². The van der Waals surface area contributed by atoms with Crippen molar-refractivity contribution in [3.63, 3.8) is 0 Å². The highest BCUT2D eigenvalue weighted by atomic mass is 16.5. The summed E-state index contributed by atoms with van der Waals surface area (Å²) in [6, 6.07) is 12.0. The van der Waals surface area contributed by atoms with Gasteiger partial charge in [0.1, 0.15) is 11.5 Å². The van der Waals surface area contributed by atoms with Crippen molar-refractivity contribution in [3.05, 3.63) is 59.6 Å². The van der Waals surface area contributed by atoms with Gasteiger partial charge in [-0.05, 0) is 61.7 Å². The fourth-order valence-electron chi connectivity index (χ4n) is 5.15. The fraction of sp³-hybridized carbons (Fsp3) is 0.538. The van der Waals surface area contributed by atoms with Gasteiger partial charge in [-0.1, -0.05) is 24.6 Å². The van der Waals surface area contributed by atoms with Crippen molar-refractivity contribution in [2.45, 2.75) is 37.7 Å². The minimum Gasteiger partial charge on any atom is -0.496 e. The molecule has 1 aliphatic heterocycles. The summed E-state index contributed by atoms with van der Waals surface area (Å²) >= 11 is 0. The minimum atomic E-state index is -0.929. The third kappa shape index (κ3) is 5.22. The summed E-state index contributed by atoms with van der Waals surface area (Å²) in [5.41, 5.74) is 1.22. The summed E-state index contributed by atoms with van der Waals surface area (Å²) in [6.45, 7) is 5.23. The number of rotatable bonds is 6. The van der Waals surface area contributed by atoms with Crippen molar-refractivity contribution >= 4 is 6.08 Å². The van der Waals surface area contributed by atoms with Crippen LogP contribution in [-0.2, 0) is 6.42 Å². The van der Waals surface area contributed by atoms with Crippen molar-refractivity contribution in [3.8, 4) is 5.75 Å². The van der Waals surface area contributed by atoms with E-state index in [-0.39, 0.29) is 5.92 Å². The van der Waals surface area contributed by atoms with Gasteiger partial charge >= 0.3 is 0 Å². The van der Waals surface area contributed by atoms with Crippen molar-refractivity contribution in [2.75, 3.05) is 46.9 Å². The van der Waals surface area contributed by atoms with Gasteiger partial charge in [-0.15, -0.1) is 0 Å². The van der Waals surface area contributed by atoms with Gasteiger partial charge in [0.05, 0.1) is 19.0 Å². The SMILES string of the molecule is COc1ccccc1CC1(O)C(=Cc2ccco2)CCCCC1CN1CCN(C)CC1. The Morgan fingerprint density at radius 3 is 2.68 bits per heavy atom. The molecule has 2 fully saturated rings. The van der Waals surface area contributed by atoms with Crippen LogP contribution in [0.25, 0.3) is 6.08 Å². The van der Waals surface area contributed by atoms with Gasteiger partial charge in [0.15, 0.2) is 0 Å². The second-order valence-electron chi connectivity index (χ2n) is 9.14. The van der Waals surface area contributed by atoms with Crippen molar-refractivity contribution in [2.24, 2.45) is 5.92 Å². The lowest BCUT2D eigenvalue weighted by atomic mass is 9.74. The quantitative estimate of drug-likeness (QED) is 0.708. The second-order valence-corrected chi connectivity index (χ2v) is 9.14. The molecule has 2 aromatic rings. The van der Waals surface area contributed by atoms with Crippen LogP contribution in [0.1, 0.15) is 37.0 Å². The number of piperazine rings is 1. The maximum Gasteiger partial charge on any atom is 0.126 e. The van der Waals surface area contributed by atoms with Crippen LogP contribution in [0.4, 0.5) is 0 Å². The maximum atomic E-state index is 12.4. The number of ether oxygens (including phenoxy) is 1. The predicted octanol–water partition coefficient (Wildman–Crippen LogP) is 4.08. The Hall–Kier alpha value is -2.08. The lowest BCUT2D eigenvalue weighted by molar-refractivity contribution is -0.00683. The van der Waals surface area contributed by atoms with E-state index in [9.17, 15) is 5.11 Å². The molecular formula is C26H36N2O3. The first-order chi connectivity index (χ1) is 15.1. The average molecular weight is 425 g/mol. The Morgan fingerprint density at radius 2 is 1.94 bits per heavy atom. The standard InChI is InChI=1S/C26H36N2O3/c1-27-13-15-28(16-14-27)20-23-10-5-4-9-22(18-24-11-7-17-31-24)26(23,29)19-21-8-3-6-12-25(21)30-2/h3,6-8,11-12,17-18,23,29H,4-5,9-10,13-16,19-20H2,1-2H3. The first kappa shape index (κ1) is 22.1. The molecule has 5 heteroatoms. The van der Waals surface area contributed by atoms with E-state index < -0.39 is 5.60 Å². The highest BCUT2D eigenvalue weighted by Crippen LogP contribution is 2.42. The van der Waals surface area contributed by atoms with Gasteiger partial charge in [0.25, 0.3) is 0 Å². The summed E-state index contributed by atoms with van der Waals surface area (Å²) < 4.78 is 11.3. The topological polar surface area (TPSA) is 49.1 Å². The van der Waals surface area contributed by atoms with Crippen molar-refractivity contribution < 1.29 is 14.3 Å². The Morgan fingerprint density at radius 1 is 1.13 bits per heavy atom. The van der Waals surface area contributed by atoms with Crippen LogP contribution >= 0.6 is 0 Å². The zero-order valence-corrected chi connectivity index (χ0v) is 18.9. The average Bonchev–Trinajstić information content (AvgIpc) is 3.25. The van der Waals surface area contributed by atoms with Gasteiger partial charge in [-0.25, -0.2) is 0 Å². The molecule has 2 aliphatic rings.